The number of anilines is 2. The van der Waals surface area contributed by atoms with Crippen LogP contribution in [0.1, 0.15) is 6.42 Å². The molecule has 2 atom stereocenters. The molecule has 0 unspecified atom stereocenters. The predicted molar refractivity (Wildman–Crippen MR) is 111 cm³/mol. The Morgan fingerprint density at radius 1 is 1.34 bits per heavy atom. The number of alkyl halides is 1. The maximum Gasteiger partial charge on any atom is 0.232 e. The summed E-state index contributed by atoms with van der Waals surface area (Å²) in [7, 11) is 3.56. The topological polar surface area (TPSA) is 73.9 Å². The Morgan fingerprint density at radius 2 is 2.14 bits per heavy atom. The fourth-order valence-corrected chi connectivity index (χ4v) is 4.43. The van der Waals surface area contributed by atoms with Gasteiger partial charge in [0.05, 0.1) is 33.5 Å². The molecule has 1 aliphatic carbocycles. The first-order valence-corrected chi connectivity index (χ1v) is 9.93. The largest absolute Gasteiger partial charge is 0.374 e. The molecule has 0 spiro atoms. The molecule has 1 fully saturated rings. The van der Waals surface area contributed by atoms with Crippen LogP contribution in [-0.4, -0.2) is 41.4 Å². The summed E-state index contributed by atoms with van der Waals surface area (Å²) >= 11 is 1.31. The summed E-state index contributed by atoms with van der Waals surface area (Å²) in [6.07, 6.45) is 0.909. The fraction of sp³-hybridized carbons (Fsp3) is 0.250. The van der Waals surface area contributed by atoms with Crippen LogP contribution < -0.4 is 10.2 Å². The molecule has 1 saturated carbocycles. The molecule has 4 aromatic rings. The van der Waals surface area contributed by atoms with Gasteiger partial charge in [-0.05, 0) is 35.7 Å². The second-order valence-electron chi connectivity index (χ2n) is 7.36. The number of aromatic nitrogens is 3. The van der Waals surface area contributed by atoms with Crippen molar-refractivity contribution in [2.45, 2.75) is 12.6 Å². The van der Waals surface area contributed by atoms with Crippen molar-refractivity contribution in [3.63, 3.8) is 0 Å². The van der Waals surface area contributed by atoms with E-state index >= 15 is 0 Å². The highest BCUT2D eigenvalue weighted by molar-refractivity contribution is 7.22. The van der Waals surface area contributed by atoms with Gasteiger partial charge in [-0.3, -0.25) is 9.89 Å². The zero-order chi connectivity index (χ0) is 20.3. The lowest BCUT2D eigenvalue weighted by Gasteiger charge is -2.16. The molecule has 1 aliphatic rings. The Bertz CT molecular complexity index is 1260. The number of benzene rings is 2. The van der Waals surface area contributed by atoms with E-state index in [0.29, 0.717) is 16.3 Å². The third kappa shape index (κ3) is 3.02. The maximum absolute atomic E-state index is 14.8. The normalized spacial score (nSPS) is 18.3. The quantitative estimate of drug-likeness (QED) is 0.522. The zero-order valence-corrected chi connectivity index (χ0v) is 16.5. The predicted octanol–water partition coefficient (Wildman–Crippen LogP) is 4.34. The number of aromatic amines is 1. The van der Waals surface area contributed by atoms with Crippen molar-refractivity contribution in [1.82, 2.24) is 15.2 Å². The van der Waals surface area contributed by atoms with Crippen molar-refractivity contribution in [2.24, 2.45) is 5.92 Å². The molecule has 2 aromatic carbocycles. The summed E-state index contributed by atoms with van der Waals surface area (Å²) in [5.41, 5.74) is 3.34. The number of amides is 1. The van der Waals surface area contributed by atoms with Gasteiger partial charge in [0.15, 0.2) is 5.13 Å². The number of carbonyl (C=O) groups excluding carboxylic acids is 1. The van der Waals surface area contributed by atoms with Crippen molar-refractivity contribution < 1.29 is 13.6 Å². The van der Waals surface area contributed by atoms with Crippen LogP contribution in [0, 0.1) is 11.7 Å². The van der Waals surface area contributed by atoms with Gasteiger partial charge in [-0.1, -0.05) is 17.4 Å². The number of fused-ring (bicyclic) bond motifs is 2. The number of H-pyrrole nitrogens is 1. The van der Waals surface area contributed by atoms with Crippen LogP contribution >= 0.6 is 11.3 Å². The van der Waals surface area contributed by atoms with E-state index in [4.69, 9.17) is 0 Å². The van der Waals surface area contributed by atoms with Crippen molar-refractivity contribution in [3.8, 4) is 11.1 Å². The Hall–Kier alpha value is -3.07. The molecule has 0 aliphatic heterocycles. The van der Waals surface area contributed by atoms with Gasteiger partial charge in [0.1, 0.15) is 12.0 Å². The highest BCUT2D eigenvalue weighted by atomic mass is 32.1. The minimum Gasteiger partial charge on any atom is -0.374 e. The first-order valence-electron chi connectivity index (χ1n) is 9.11. The van der Waals surface area contributed by atoms with E-state index in [1.165, 1.54) is 17.4 Å². The summed E-state index contributed by atoms with van der Waals surface area (Å²) in [4.78, 5) is 18.1. The maximum atomic E-state index is 14.8. The number of nitrogens with one attached hydrogen (secondary N) is 2. The molecular weight excluding hydrogens is 396 g/mol. The minimum absolute atomic E-state index is 0.274. The third-order valence-electron chi connectivity index (χ3n) is 5.09. The highest BCUT2D eigenvalue weighted by Gasteiger charge is 2.43. The van der Waals surface area contributed by atoms with Gasteiger partial charge < -0.3 is 10.2 Å². The van der Waals surface area contributed by atoms with E-state index in [9.17, 15) is 13.6 Å². The van der Waals surface area contributed by atoms with E-state index in [-0.39, 0.29) is 18.1 Å². The van der Waals surface area contributed by atoms with Gasteiger partial charge in [0, 0.05) is 19.5 Å². The Morgan fingerprint density at radius 3 is 2.86 bits per heavy atom. The van der Waals surface area contributed by atoms with Crippen LogP contribution in [-0.2, 0) is 4.79 Å². The van der Waals surface area contributed by atoms with Crippen LogP contribution in [0.5, 0.6) is 0 Å². The molecule has 5 rings (SSSR count). The number of thiazole rings is 1. The van der Waals surface area contributed by atoms with Crippen LogP contribution in [0.15, 0.2) is 30.5 Å². The van der Waals surface area contributed by atoms with Crippen molar-refractivity contribution in [3.05, 3.63) is 36.3 Å². The second kappa shape index (κ2) is 6.48. The van der Waals surface area contributed by atoms with Crippen molar-refractivity contribution in [2.75, 3.05) is 24.3 Å². The second-order valence-corrected chi connectivity index (χ2v) is 8.39. The average molecular weight is 413 g/mol. The van der Waals surface area contributed by atoms with Gasteiger partial charge in [-0.2, -0.15) is 5.10 Å². The van der Waals surface area contributed by atoms with Gasteiger partial charge in [-0.15, -0.1) is 0 Å². The number of carbonyl (C=O) groups is 1. The van der Waals surface area contributed by atoms with Gasteiger partial charge in [0.25, 0.3) is 0 Å². The summed E-state index contributed by atoms with van der Waals surface area (Å²) in [5.74, 6) is -1.24. The fourth-order valence-electron chi connectivity index (χ4n) is 3.52. The smallest absolute Gasteiger partial charge is 0.232 e. The van der Waals surface area contributed by atoms with Gasteiger partial charge in [0.2, 0.25) is 5.91 Å². The van der Waals surface area contributed by atoms with Crippen molar-refractivity contribution in [1.29, 1.82) is 0 Å². The molecule has 2 N–H and O–H groups in total. The van der Waals surface area contributed by atoms with Crippen LogP contribution in [0.4, 0.5) is 19.6 Å². The molecule has 148 valence electrons. The number of hydrogen-bond acceptors (Lipinski definition) is 5. The Kier molecular flexibility index (Phi) is 4.02. The van der Waals surface area contributed by atoms with Gasteiger partial charge in [-0.25, -0.2) is 13.8 Å². The Balaban J connectivity index is 1.55. The molecule has 2 aromatic heterocycles. The molecule has 0 radical (unpaired) electrons. The number of halogens is 2. The summed E-state index contributed by atoms with van der Waals surface area (Å²) in [6.45, 7) is 0. The molecule has 9 heteroatoms. The lowest BCUT2D eigenvalue weighted by atomic mass is 10.0. The molecule has 0 bridgehead atoms. The first-order chi connectivity index (χ1) is 13.9. The molecule has 2 heterocycles. The third-order valence-corrected chi connectivity index (χ3v) is 6.02. The van der Waals surface area contributed by atoms with E-state index in [0.717, 1.165) is 26.7 Å². The molecule has 6 nitrogen and oxygen atoms in total. The average Bonchev–Trinajstić information content (AvgIpc) is 3.05. The molecule has 29 heavy (non-hydrogen) atoms. The summed E-state index contributed by atoms with van der Waals surface area (Å²) in [5, 5.41) is 10.9. The van der Waals surface area contributed by atoms with E-state index in [1.54, 1.807) is 25.2 Å². The lowest BCUT2D eigenvalue weighted by Crippen LogP contribution is -2.14. The standard InChI is InChI=1S/C20H17F2N5OS/c1-27(2)18-14(22)6-10(12-8-23-26-17(12)18)9-3-4-15-16(5-9)29-20(24-15)25-19(28)11-7-13(11)21/h3-6,8,11,13H,7H2,1-2H3,(H,23,26)(H,24,25,28)/t11-,13+/m1/s1. The summed E-state index contributed by atoms with van der Waals surface area (Å²) in [6, 6.07) is 7.11. The molecular formula is C20H17F2N5OS. The lowest BCUT2D eigenvalue weighted by molar-refractivity contribution is -0.117. The van der Waals surface area contributed by atoms with E-state index < -0.39 is 12.1 Å². The minimum atomic E-state index is -1.05. The highest BCUT2D eigenvalue weighted by Crippen LogP contribution is 2.39. The van der Waals surface area contributed by atoms with E-state index in [2.05, 4.69) is 20.5 Å². The number of nitrogens with zero attached hydrogens (tertiary/aromatic N) is 3. The zero-order valence-electron chi connectivity index (χ0n) is 15.7. The Labute approximate surface area is 168 Å². The molecule has 1 amide bonds. The molecule has 0 saturated heterocycles. The number of rotatable bonds is 4. The van der Waals surface area contributed by atoms with Crippen LogP contribution in [0.25, 0.3) is 32.2 Å². The van der Waals surface area contributed by atoms with Crippen molar-refractivity contribution >= 4 is 49.2 Å². The van der Waals surface area contributed by atoms with Crippen LogP contribution in [0.2, 0.25) is 0 Å². The van der Waals surface area contributed by atoms with E-state index in [1.807, 2.05) is 18.2 Å². The first kappa shape index (κ1) is 18.0. The number of hydrogen-bond donors (Lipinski definition) is 2. The van der Waals surface area contributed by atoms with Gasteiger partial charge >= 0.3 is 0 Å². The van der Waals surface area contributed by atoms with Crippen LogP contribution in [0.3, 0.4) is 0 Å². The summed E-state index contributed by atoms with van der Waals surface area (Å²) < 4.78 is 28.7. The monoisotopic (exact) mass is 413 g/mol. The SMILES string of the molecule is CN(C)c1c(F)cc(-c2ccc3nc(NC(=O)[C@@H]4C[C@@H]4F)sc3c2)c2cn[nH]c12.